The summed E-state index contributed by atoms with van der Waals surface area (Å²) in [6.07, 6.45) is 1.52. The molecule has 0 aromatic heterocycles. The molecule has 12 heteroatoms. The zero-order valence-electron chi connectivity index (χ0n) is 11.8. The van der Waals surface area contributed by atoms with Crippen molar-refractivity contribution >= 4 is 27.4 Å². The van der Waals surface area contributed by atoms with E-state index in [1.54, 1.807) is 0 Å². The second-order valence-corrected chi connectivity index (χ2v) is 7.60. The third kappa shape index (κ3) is 6.26. The highest BCUT2D eigenvalue weighted by Crippen LogP contribution is 2.57. The minimum absolute atomic E-state index is 0.169. The molecule has 128 valence electrons. The Balaban J connectivity index is 2.64. The van der Waals surface area contributed by atoms with Crippen molar-refractivity contribution in [2.75, 3.05) is 13.2 Å². The van der Waals surface area contributed by atoms with Gasteiger partial charge in [0.15, 0.2) is 0 Å². The van der Waals surface area contributed by atoms with Crippen molar-refractivity contribution in [3.8, 4) is 0 Å². The summed E-state index contributed by atoms with van der Waals surface area (Å²) in [6.45, 7) is 1.11. The molecule has 1 aliphatic heterocycles. The maximum atomic E-state index is 11.9. The third-order valence-corrected chi connectivity index (χ3v) is 5.10. The Kier molecular flexibility index (Phi) is 6.88. The van der Waals surface area contributed by atoms with Crippen LogP contribution in [0.3, 0.4) is 0 Å². The van der Waals surface area contributed by atoms with E-state index in [1.165, 1.54) is 0 Å². The monoisotopic (exact) mass is 360 g/mol. The summed E-state index contributed by atoms with van der Waals surface area (Å²) in [4.78, 5) is 49.6. The van der Waals surface area contributed by atoms with Crippen LogP contribution in [0.25, 0.3) is 0 Å². The van der Waals surface area contributed by atoms with Gasteiger partial charge in [-0.15, -0.1) is 0 Å². The average molecular weight is 360 g/mol. The zero-order valence-corrected chi connectivity index (χ0v) is 13.6. The van der Waals surface area contributed by atoms with E-state index in [1.807, 2.05) is 6.92 Å². The molecule has 1 rings (SSSR count). The van der Waals surface area contributed by atoms with Gasteiger partial charge < -0.3 is 19.4 Å². The summed E-state index contributed by atoms with van der Waals surface area (Å²) in [5.74, 6) is -3.01. The van der Waals surface area contributed by atoms with Gasteiger partial charge in [0.05, 0.1) is 13.2 Å². The summed E-state index contributed by atoms with van der Waals surface area (Å²) in [5.41, 5.74) is 0. The van der Waals surface area contributed by atoms with E-state index in [0.717, 1.165) is 6.42 Å². The van der Waals surface area contributed by atoms with Gasteiger partial charge in [0.1, 0.15) is 11.7 Å². The molecule has 0 bridgehead atoms. The van der Waals surface area contributed by atoms with E-state index in [0.29, 0.717) is 6.42 Å². The molecule has 0 aromatic rings. The fraction of sp³-hybridized carbons (Fsp3) is 0.800. The lowest BCUT2D eigenvalue weighted by Crippen LogP contribution is -2.28. The van der Waals surface area contributed by atoms with Crippen LogP contribution in [0.15, 0.2) is 0 Å². The average Bonchev–Trinajstić information content (AvgIpc) is 2.72. The molecule has 0 saturated carbocycles. The highest BCUT2D eigenvalue weighted by Gasteiger charge is 2.43. The normalized spacial score (nSPS) is 24.8. The Morgan fingerprint density at radius 2 is 2.00 bits per heavy atom. The minimum atomic E-state index is -5.21. The second kappa shape index (κ2) is 7.79. The first-order valence-corrected chi connectivity index (χ1v) is 9.52. The summed E-state index contributed by atoms with van der Waals surface area (Å²) in [6, 6.07) is 0. The van der Waals surface area contributed by atoms with Gasteiger partial charge in [-0.3, -0.25) is 14.1 Å². The molecule has 0 amide bonds. The van der Waals surface area contributed by atoms with Gasteiger partial charge in [-0.2, -0.15) is 4.31 Å². The smallest absolute Gasteiger partial charge is 0.465 e. The molecule has 3 atom stereocenters. The highest BCUT2D eigenvalue weighted by atomic mass is 31.3. The van der Waals surface area contributed by atoms with E-state index < -0.39 is 40.1 Å². The second-order valence-electron chi connectivity index (χ2n) is 4.77. The van der Waals surface area contributed by atoms with Crippen molar-refractivity contribution in [3.63, 3.8) is 0 Å². The summed E-state index contributed by atoms with van der Waals surface area (Å²) >= 11 is 0. The molecule has 0 aromatic carbocycles. The fourth-order valence-electron chi connectivity index (χ4n) is 1.96. The van der Waals surface area contributed by atoms with Crippen LogP contribution in [-0.4, -0.2) is 39.6 Å². The molecule has 0 spiro atoms. The van der Waals surface area contributed by atoms with Crippen molar-refractivity contribution in [1.82, 2.24) is 0 Å². The molecule has 3 N–H and O–H groups in total. The van der Waals surface area contributed by atoms with Crippen molar-refractivity contribution in [1.29, 1.82) is 0 Å². The number of phosphoric acid groups is 2. The highest BCUT2D eigenvalue weighted by molar-refractivity contribution is 7.60. The predicted molar refractivity (Wildman–Crippen MR) is 71.4 cm³/mol. The number of ether oxygens (including phenoxy) is 1. The summed E-state index contributed by atoms with van der Waals surface area (Å²) in [5, 5.41) is 0. The van der Waals surface area contributed by atoms with Gasteiger partial charge >= 0.3 is 21.6 Å². The molecule has 10 nitrogen and oxygen atoms in total. The number of rotatable bonds is 9. The molecule has 1 fully saturated rings. The van der Waals surface area contributed by atoms with Crippen molar-refractivity contribution in [2.45, 2.75) is 26.2 Å². The molecule has 0 aliphatic carbocycles. The molecular formula is C10H18O10P2. The lowest BCUT2D eigenvalue weighted by Gasteiger charge is -2.17. The predicted octanol–water partition coefficient (Wildman–Crippen LogP) is 0.761. The Bertz CT molecular complexity index is 512. The molecule has 3 unspecified atom stereocenters. The first kappa shape index (κ1) is 19.4. The van der Waals surface area contributed by atoms with E-state index in [9.17, 15) is 18.7 Å². The standard InChI is InChI=1S/C10H18O10P2/c1-2-3-4-8(11)9-7(5-18-10(9)12)6-19-22(16,17)20-21(13,14)15/h7,9H,2-6H2,1H3,(H,16,17)(H2,13,14,15). The van der Waals surface area contributed by atoms with Crippen LogP contribution in [0.1, 0.15) is 26.2 Å². The Hall–Kier alpha value is -0.600. The number of carbonyl (C=O) groups is 2. The van der Waals surface area contributed by atoms with Crippen molar-refractivity contribution in [3.05, 3.63) is 0 Å². The molecule has 0 radical (unpaired) electrons. The quantitative estimate of drug-likeness (QED) is 0.305. The van der Waals surface area contributed by atoms with E-state index in [-0.39, 0.29) is 18.8 Å². The fourth-order valence-corrected chi connectivity index (χ4v) is 3.60. The number of hydrogen-bond donors (Lipinski definition) is 3. The van der Waals surface area contributed by atoms with Crippen molar-refractivity contribution < 1.29 is 47.0 Å². The van der Waals surface area contributed by atoms with E-state index in [2.05, 4.69) is 8.83 Å². The number of carbonyl (C=O) groups excluding carboxylic acids is 2. The van der Waals surface area contributed by atoms with Crippen molar-refractivity contribution in [2.24, 2.45) is 11.8 Å². The third-order valence-electron chi connectivity index (χ3n) is 2.95. The maximum absolute atomic E-state index is 11.9. The first-order valence-electron chi connectivity index (χ1n) is 6.49. The number of hydrogen-bond acceptors (Lipinski definition) is 7. The Morgan fingerprint density at radius 3 is 2.55 bits per heavy atom. The van der Waals surface area contributed by atoms with Gasteiger partial charge in [-0.25, -0.2) is 9.13 Å². The summed E-state index contributed by atoms with van der Waals surface area (Å²) in [7, 11) is -10.2. The molecule has 1 heterocycles. The summed E-state index contributed by atoms with van der Waals surface area (Å²) < 4.78 is 34.6. The van der Waals surface area contributed by atoms with E-state index >= 15 is 0 Å². The molecular weight excluding hydrogens is 342 g/mol. The lowest BCUT2D eigenvalue weighted by molar-refractivity contribution is -0.144. The van der Waals surface area contributed by atoms with Gasteiger partial charge in [0.2, 0.25) is 0 Å². The molecule has 1 aliphatic rings. The van der Waals surface area contributed by atoms with Gasteiger partial charge in [-0.05, 0) is 6.42 Å². The SMILES string of the molecule is CCCCC(=O)C1C(=O)OCC1COP(=O)(O)OP(=O)(O)O. The van der Waals surface area contributed by atoms with Crippen LogP contribution in [0.2, 0.25) is 0 Å². The number of cyclic esters (lactones) is 1. The largest absolute Gasteiger partial charge is 0.481 e. The number of ketones is 1. The number of esters is 1. The van der Waals surface area contributed by atoms with E-state index in [4.69, 9.17) is 19.4 Å². The van der Waals surface area contributed by atoms with Crippen LogP contribution in [-0.2, 0) is 32.3 Å². The lowest BCUT2D eigenvalue weighted by atomic mass is 9.89. The van der Waals surface area contributed by atoms with Gasteiger partial charge in [0, 0.05) is 12.3 Å². The minimum Gasteiger partial charge on any atom is -0.465 e. The first-order chi connectivity index (χ1) is 10.1. The van der Waals surface area contributed by atoms with Crippen LogP contribution in [0.4, 0.5) is 0 Å². The Labute approximate surface area is 126 Å². The zero-order chi connectivity index (χ0) is 17.0. The van der Waals surface area contributed by atoms with Gasteiger partial charge in [0.25, 0.3) is 0 Å². The topological polar surface area (TPSA) is 157 Å². The van der Waals surface area contributed by atoms with Crippen LogP contribution >= 0.6 is 15.6 Å². The molecule has 22 heavy (non-hydrogen) atoms. The van der Waals surface area contributed by atoms with Gasteiger partial charge in [-0.1, -0.05) is 13.3 Å². The molecule has 1 saturated heterocycles. The number of Topliss-reactive ketones (excluding diaryl/α,β-unsaturated/α-hetero) is 1. The van der Waals surface area contributed by atoms with Crippen LogP contribution < -0.4 is 0 Å². The van der Waals surface area contributed by atoms with Crippen LogP contribution in [0, 0.1) is 11.8 Å². The van der Waals surface area contributed by atoms with Crippen LogP contribution in [0.5, 0.6) is 0 Å². The Morgan fingerprint density at radius 1 is 1.36 bits per heavy atom. The number of unbranched alkanes of at least 4 members (excludes halogenated alkanes) is 1. The maximum Gasteiger partial charge on any atom is 0.481 e. The number of phosphoric ester groups is 1.